The van der Waals surface area contributed by atoms with Crippen LogP contribution < -0.4 is 5.32 Å². The zero-order valence-corrected chi connectivity index (χ0v) is 14.0. The minimum atomic E-state index is -0.834. The fourth-order valence-corrected chi connectivity index (χ4v) is 3.74. The molecule has 128 valence electrons. The molecule has 0 saturated heterocycles. The molecule has 1 amide bonds. The molecule has 1 aromatic heterocycles. The van der Waals surface area contributed by atoms with Gasteiger partial charge in [-0.25, -0.2) is 4.98 Å². The largest absolute Gasteiger partial charge is 0.302 e. The van der Waals surface area contributed by atoms with Gasteiger partial charge >= 0.3 is 0 Å². The molecule has 1 heterocycles. The molecule has 3 rings (SSSR count). The number of nitrogens with one attached hydrogen (secondary N) is 1. The second-order valence-electron chi connectivity index (χ2n) is 5.60. The van der Waals surface area contributed by atoms with E-state index in [2.05, 4.69) is 10.3 Å². The third kappa shape index (κ3) is 3.31. The van der Waals surface area contributed by atoms with Crippen LogP contribution in [-0.2, 0) is 11.2 Å². The van der Waals surface area contributed by atoms with E-state index in [0.29, 0.717) is 28.5 Å². The molecule has 1 aliphatic rings. The van der Waals surface area contributed by atoms with Crippen molar-refractivity contribution in [1.82, 2.24) is 4.98 Å². The molecule has 0 saturated carbocycles. The number of carbonyl (C=O) groups is 3. The van der Waals surface area contributed by atoms with E-state index in [1.165, 1.54) is 31.2 Å². The first-order valence-electron chi connectivity index (χ1n) is 7.47. The van der Waals surface area contributed by atoms with Gasteiger partial charge in [0.1, 0.15) is 0 Å². The van der Waals surface area contributed by atoms with Crippen LogP contribution in [0.15, 0.2) is 24.3 Å². The highest BCUT2D eigenvalue weighted by Crippen LogP contribution is 2.34. The minimum Gasteiger partial charge on any atom is -0.302 e. The zero-order valence-electron chi connectivity index (χ0n) is 13.1. The number of nitrogens with zero attached hydrogens (tertiary/aromatic N) is 2. The van der Waals surface area contributed by atoms with Crippen molar-refractivity contribution in [2.24, 2.45) is 5.92 Å². The number of nitro benzene ring substituents is 1. The van der Waals surface area contributed by atoms with Crippen molar-refractivity contribution in [3.05, 3.63) is 50.5 Å². The van der Waals surface area contributed by atoms with Crippen LogP contribution in [0.3, 0.4) is 0 Å². The predicted octanol–water partition coefficient (Wildman–Crippen LogP) is 2.64. The highest BCUT2D eigenvalue weighted by Gasteiger charge is 2.36. The fraction of sp³-hybridized carbons (Fsp3) is 0.250. The van der Waals surface area contributed by atoms with E-state index >= 15 is 0 Å². The van der Waals surface area contributed by atoms with Crippen molar-refractivity contribution >= 4 is 39.6 Å². The average molecular weight is 359 g/mol. The van der Waals surface area contributed by atoms with Gasteiger partial charge in [0.05, 0.1) is 21.4 Å². The summed E-state index contributed by atoms with van der Waals surface area (Å²) < 4.78 is 0. The molecule has 0 fully saturated rings. The summed E-state index contributed by atoms with van der Waals surface area (Å²) in [5, 5.41) is 13.6. The van der Waals surface area contributed by atoms with E-state index in [9.17, 15) is 24.5 Å². The van der Waals surface area contributed by atoms with Crippen LogP contribution in [0.25, 0.3) is 0 Å². The van der Waals surface area contributed by atoms with E-state index in [4.69, 9.17) is 0 Å². The van der Waals surface area contributed by atoms with Gasteiger partial charge in [-0.1, -0.05) is 11.3 Å². The maximum absolute atomic E-state index is 12.6. The van der Waals surface area contributed by atoms with Gasteiger partial charge in [-0.2, -0.15) is 0 Å². The van der Waals surface area contributed by atoms with Crippen molar-refractivity contribution < 1.29 is 19.3 Å². The number of non-ortho nitro benzene ring substituents is 1. The summed E-state index contributed by atoms with van der Waals surface area (Å²) in [5.41, 5.74) is 0.738. The molecular formula is C16H13N3O5S. The van der Waals surface area contributed by atoms with E-state index < -0.39 is 10.8 Å². The van der Waals surface area contributed by atoms with E-state index in [0.717, 1.165) is 11.3 Å². The van der Waals surface area contributed by atoms with Gasteiger partial charge in [0.25, 0.3) is 5.69 Å². The number of amides is 1. The second-order valence-corrected chi connectivity index (χ2v) is 6.60. The van der Waals surface area contributed by atoms with Crippen LogP contribution in [0, 0.1) is 16.0 Å². The first kappa shape index (κ1) is 16.9. The highest BCUT2D eigenvalue weighted by atomic mass is 32.1. The number of nitro groups is 1. The quantitative estimate of drug-likeness (QED) is 0.388. The number of aromatic nitrogens is 1. The molecule has 0 bridgehead atoms. The molecule has 2 aromatic rings. The summed E-state index contributed by atoms with van der Waals surface area (Å²) in [6.07, 6.45) is 0.783. The third-order valence-corrected chi connectivity index (χ3v) is 4.90. The number of hydrogen-bond acceptors (Lipinski definition) is 7. The van der Waals surface area contributed by atoms with Crippen LogP contribution in [0.2, 0.25) is 0 Å². The first-order valence-corrected chi connectivity index (χ1v) is 8.28. The lowest BCUT2D eigenvalue weighted by Gasteiger charge is -2.18. The second kappa shape index (κ2) is 6.52. The Kier molecular flexibility index (Phi) is 4.41. The number of aryl methyl sites for hydroxylation is 1. The Balaban J connectivity index is 1.83. The minimum absolute atomic E-state index is 0.115. The molecule has 0 aliphatic heterocycles. The molecule has 1 aliphatic carbocycles. The summed E-state index contributed by atoms with van der Waals surface area (Å²) in [6.45, 7) is 1.35. The van der Waals surface area contributed by atoms with Gasteiger partial charge < -0.3 is 5.32 Å². The average Bonchev–Trinajstić information content (AvgIpc) is 2.97. The topological polar surface area (TPSA) is 119 Å². The molecule has 1 atom stereocenters. The molecule has 25 heavy (non-hydrogen) atoms. The predicted molar refractivity (Wildman–Crippen MR) is 90.0 cm³/mol. The number of benzene rings is 1. The number of anilines is 1. The van der Waals surface area contributed by atoms with Gasteiger partial charge in [0.2, 0.25) is 5.91 Å². The summed E-state index contributed by atoms with van der Waals surface area (Å²) in [5.74, 6) is -1.80. The maximum Gasteiger partial charge on any atom is 0.269 e. The number of carbonyl (C=O) groups excluding carboxylic acids is 3. The van der Waals surface area contributed by atoms with E-state index in [-0.39, 0.29) is 28.7 Å². The SMILES string of the molecule is CC(=O)Nc1nc2c(s1)C(=O)[C@H](C(=O)c1ccc([N+](=O)[O-])cc1)CC2. The lowest BCUT2D eigenvalue weighted by Crippen LogP contribution is -2.28. The number of fused-ring (bicyclic) bond motifs is 1. The monoisotopic (exact) mass is 359 g/mol. The highest BCUT2D eigenvalue weighted by molar-refractivity contribution is 7.17. The number of thiazole rings is 1. The smallest absolute Gasteiger partial charge is 0.269 e. The van der Waals surface area contributed by atoms with Gasteiger partial charge in [-0.05, 0) is 25.0 Å². The molecule has 0 radical (unpaired) electrons. The van der Waals surface area contributed by atoms with Gasteiger partial charge in [0.15, 0.2) is 16.7 Å². The molecule has 1 N–H and O–H groups in total. The fourth-order valence-electron chi connectivity index (χ4n) is 2.69. The Morgan fingerprint density at radius 2 is 2.00 bits per heavy atom. The van der Waals surface area contributed by atoms with Crippen LogP contribution in [0.4, 0.5) is 10.8 Å². The Labute approximate surface area is 146 Å². The molecule has 8 nitrogen and oxygen atoms in total. The Bertz CT molecular complexity index is 888. The Hall–Kier alpha value is -2.94. The third-order valence-electron chi connectivity index (χ3n) is 3.87. The van der Waals surface area contributed by atoms with E-state index in [1.807, 2.05) is 0 Å². The van der Waals surface area contributed by atoms with Gasteiger partial charge in [-0.15, -0.1) is 0 Å². The Morgan fingerprint density at radius 1 is 1.32 bits per heavy atom. The van der Waals surface area contributed by atoms with Crippen LogP contribution in [-0.4, -0.2) is 27.4 Å². The summed E-state index contributed by atoms with van der Waals surface area (Å²) in [7, 11) is 0. The number of ketones is 2. The number of rotatable bonds is 4. The van der Waals surface area contributed by atoms with Gasteiger partial charge in [0, 0.05) is 24.6 Å². The standard InChI is InChI=1S/C16H13N3O5S/c1-8(20)17-16-18-12-7-6-11(14(22)15(12)25-16)13(21)9-2-4-10(5-3-9)19(23)24/h2-5,11H,6-7H2,1H3,(H,17,18,20)/t11-/m0/s1. The summed E-state index contributed by atoms with van der Waals surface area (Å²) in [4.78, 5) is 51.1. The van der Waals surface area contributed by atoms with E-state index in [1.54, 1.807) is 0 Å². The normalized spacial score (nSPS) is 16.2. The van der Waals surface area contributed by atoms with Gasteiger partial charge in [-0.3, -0.25) is 24.5 Å². The molecule has 0 unspecified atom stereocenters. The van der Waals surface area contributed by atoms with Crippen LogP contribution >= 0.6 is 11.3 Å². The Morgan fingerprint density at radius 3 is 2.60 bits per heavy atom. The van der Waals surface area contributed by atoms with Crippen molar-refractivity contribution in [3.63, 3.8) is 0 Å². The van der Waals surface area contributed by atoms with Crippen LogP contribution in [0.5, 0.6) is 0 Å². The number of hydrogen-bond donors (Lipinski definition) is 1. The summed E-state index contributed by atoms with van der Waals surface area (Å²) in [6, 6.07) is 5.21. The van der Waals surface area contributed by atoms with Crippen molar-refractivity contribution in [2.45, 2.75) is 19.8 Å². The molecule has 1 aromatic carbocycles. The summed E-state index contributed by atoms with van der Waals surface area (Å²) >= 11 is 1.06. The molecular weight excluding hydrogens is 346 g/mol. The van der Waals surface area contributed by atoms with Crippen molar-refractivity contribution in [1.29, 1.82) is 0 Å². The first-order chi connectivity index (χ1) is 11.9. The lowest BCUT2D eigenvalue weighted by molar-refractivity contribution is -0.384. The van der Waals surface area contributed by atoms with Crippen LogP contribution in [0.1, 0.15) is 39.1 Å². The van der Waals surface area contributed by atoms with Crippen molar-refractivity contribution in [3.8, 4) is 0 Å². The molecule has 0 spiro atoms. The number of Topliss-reactive ketones (excluding diaryl/α,β-unsaturated/α-hetero) is 2. The maximum atomic E-state index is 12.6. The molecule has 9 heteroatoms. The van der Waals surface area contributed by atoms with Crippen molar-refractivity contribution in [2.75, 3.05) is 5.32 Å². The lowest BCUT2D eigenvalue weighted by atomic mass is 9.84. The zero-order chi connectivity index (χ0) is 18.1.